The van der Waals surface area contributed by atoms with E-state index in [-0.39, 0.29) is 11.9 Å². The Morgan fingerprint density at radius 1 is 1.24 bits per heavy atom. The Kier molecular flexibility index (Phi) is 4.23. The van der Waals surface area contributed by atoms with Gasteiger partial charge in [-0.3, -0.25) is 5.32 Å². The second-order valence-corrected chi connectivity index (χ2v) is 6.37. The molecule has 0 aliphatic carbocycles. The molecule has 25 heavy (non-hydrogen) atoms. The predicted octanol–water partition coefficient (Wildman–Crippen LogP) is 2.00. The number of hydrogen-bond donors (Lipinski definition) is 1. The minimum atomic E-state index is -0.236. The summed E-state index contributed by atoms with van der Waals surface area (Å²) in [6.45, 7) is 2.39. The van der Waals surface area contributed by atoms with Crippen molar-refractivity contribution in [1.82, 2.24) is 30.0 Å². The van der Waals surface area contributed by atoms with Gasteiger partial charge in [-0.2, -0.15) is 5.10 Å². The van der Waals surface area contributed by atoms with Gasteiger partial charge in [0.1, 0.15) is 17.5 Å². The number of nitrogens with zero attached hydrogens (tertiary/aromatic N) is 5. The van der Waals surface area contributed by atoms with Crippen LogP contribution in [0.25, 0.3) is 0 Å². The fourth-order valence-electron chi connectivity index (χ4n) is 3.21. The average molecular weight is 339 g/mol. The fraction of sp³-hybridized carbons (Fsp3) is 0.333. The lowest BCUT2D eigenvalue weighted by Crippen LogP contribution is -2.37. The van der Waals surface area contributed by atoms with Crippen molar-refractivity contribution in [3.63, 3.8) is 0 Å². The number of imidazole rings is 1. The summed E-state index contributed by atoms with van der Waals surface area (Å²) in [6, 6.07) is 8.41. The minimum Gasteiger partial charge on any atom is -0.336 e. The predicted molar refractivity (Wildman–Crippen MR) is 91.8 cm³/mol. The lowest BCUT2D eigenvalue weighted by Gasteiger charge is -2.26. The Labute approximate surface area is 145 Å². The van der Waals surface area contributed by atoms with Crippen LogP contribution in [0.2, 0.25) is 0 Å². The quantitative estimate of drug-likeness (QED) is 0.773. The third kappa shape index (κ3) is 3.28. The summed E-state index contributed by atoms with van der Waals surface area (Å²) in [4.78, 5) is 4.47. The molecule has 0 saturated heterocycles. The van der Waals surface area contributed by atoms with E-state index in [1.54, 1.807) is 24.5 Å². The van der Waals surface area contributed by atoms with Gasteiger partial charge in [0.05, 0.1) is 12.2 Å². The van der Waals surface area contributed by atoms with Crippen LogP contribution in [0.1, 0.15) is 17.4 Å². The Hall–Kier alpha value is -2.67. The topological polar surface area (TPSA) is 61.8 Å². The molecule has 3 heterocycles. The molecule has 1 aliphatic rings. The maximum Gasteiger partial charge on any atom is 0.145 e. The van der Waals surface area contributed by atoms with Crippen LogP contribution in [-0.2, 0) is 13.6 Å². The Morgan fingerprint density at radius 3 is 2.84 bits per heavy atom. The molecule has 4 rings (SSSR count). The van der Waals surface area contributed by atoms with Crippen LogP contribution in [0.4, 0.5) is 10.2 Å². The Bertz CT molecular complexity index is 837. The van der Waals surface area contributed by atoms with Crippen LogP contribution in [0, 0.1) is 11.7 Å². The minimum absolute atomic E-state index is 0.0976. The number of halogens is 1. The maximum atomic E-state index is 13.3. The zero-order chi connectivity index (χ0) is 17.2. The Balaban J connectivity index is 1.51. The summed E-state index contributed by atoms with van der Waals surface area (Å²) >= 11 is 0. The third-order valence-corrected chi connectivity index (χ3v) is 4.57. The Morgan fingerprint density at radius 2 is 2.08 bits per heavy atom. The van der Waals surface area contributed by atoms with Crippen LogP contribution >= 0.6 is 0 Å². The number of aryl methyl sites for hydroxylation is 1. The molecule has 0 bridgehead atoms. The van der Waals surface area contributed by atoms with Crippen LogP contribution in [-0.4, -0.2) is 32.4 Å². The zero-order valence-electron chi connectivity index (χ0n) is 14.0. The highest BCUT2D eigenvalue weighted by atomic mass is 19.1. The van der Waals surface area contributed by atoms with E-state index in [1.807, 2.05) is 28.6 Å². The number of nitrogens with one attached hydrogen (secondary N) is 1. The summed E-state index contributed by atoms with van der Waals surface area (Å²) in [5.41, 5.74) is 0.989. The molecule has 0 fully saturated rings. The highest BCUT2D eigenvalue weighted by Gasteiger charge is 2.23. The molecule has 0 saturated carbocycles. The standard InChI is InChI=1S/C18H20FN6/c1-24-9-8-20-18(24)17(14-2-4-15(19)5-3-14)22-11-13-10-21-16-6-7-23-25(16)12-13/h2-9,13,17,22H,10-12H2,1H3. The lowest BCUT2D eigenvalue weighted by atomic mass is 10.0. The molecule has 0 spiro atoms. The molecule has 1 aromatic carbocycles. The van der Waals surface area contributed by atoms with Crippen molar-refractivity contribution in [3.05, 3.63) is 66.1 Å². The monoisotopic (exact) mass is 339 g/mol. The normalized spacial score (nSPS) is 17.8. The molecule has 2 aromatic heterocycles. The molecular weight excluding hydrogens is 319 g/mol. The van der Waals surface area contributed by atoms with Crippen molar-refractivity contribution in [1.29, 1.82) is 0 Å². The van der Waals surface area contributed by atoms with Crippen molar-refractivity contribution in [2.45, 2.75) is 12.6 Å². The van der Waals surface area contributed by atoms with E-state index < -0.39 is 0 Å². The fourth-order valence-corrected chi connectivity index (χ4v) is 3.21. The van der Waals surface area contributed by atoms with Gasteiger partial charge >= 0.3 is 0 Å². The molecule has 0 amide bonds. The van der Waals surface area contributed by atoms with Gasteiger partial charge in [0.2, 0.25) is 0 Å². The van der Waals surface area contributed by atoms with Crippen molar-refractivity contribution in [3.8, 4) is 0 Å². The van der Waals surface area contributed by atoms with Crippen LogP contribution in [0.15, 0.2) is 48.9 Å². The smallest absolute Gasteiger partial charge is 0.145 e. The van der Waals surface area contributed by atoms with Gasteiger partial charge in [0.25, 0.3) is 0 Å². The lowest BCUT2D eigenvalue weighted by molar-refractivity contribution is 0.342. The molecule has 2 unspecified atom stereocenters. The summed E-state index contributed by atoms with van der Waals surface area (Å²) in [7, 11) is 1.96. The van der Waals surface area contributed by atoms with E-state index in [0.29, 0.717) is 5.92 Å². The zero-order valence-corrected chi connectivity index (χ0v) is 14.0. The second-order valence-electron chi connectivity index (χ2n) is 6.37. The van der Waals surface area contributed by atoms with Gasteiger partial charge < -0.3 is 9.88 Å². The number of rotatable bonds is 5. The first-order valence-corrected chi connectivity index (χ1v) is 8.36. The molecule has 1 aliphatic heterocycles. The summed E-state index contributed by atoms with van der Waals surface area (Å²) in [5, 5.41) is 12.5. The highest BCUT2D eigenvalue weighted by molar-refractivity contribution is 5.27. The van der Waals surface area contributed by atoms with Gasteiger partial charge in [0, 0.05) is 51.1 Å². The molecule has 1 N–H and O–H groups in total. The molecule has 3 aromatic rings. The molecule has 2 atom stereocenters. The number of fused-ring (bicyclic) bond motifs is 1. The van der Waals surface area contributed by atoms with Crippen molar-refractivity contribution in [2.75, 3.05) is 13.1 Å². The first-order chi connectivity index (χ1) is 12.2. The molecule has 6 nitrogen and oxygen atoms in total. The van der Waals surface area contributed by atoms with Crippen LogP contribution in [0.5, 0.6) is 0 Å². The van der Waals surface area contributed by atoms with Gasteiger partial charge in [-0.05, 0) is 17.7 Å². The van der Waals surface area contributed by atoms with Gasteiger partial charge in [0.15, 0.2) is 0 Å². The average Bonchev–Trinajstić information content (AvgIpc) is 3.25. The van der Waals surface area contributed by atoms with E-state index in [9.17, 15) is 4.39 Å². The summed E-state index contributed by atoms with van der Waals surface area (Å²) < 4.78 is 17.2. The number of benzene rings is 1. The highest BCUT2D eigenvalue weighted by Crippen LogP contribution is 2.22. The first kappa shape index (κ1) is 15.8. The van der Waals surface area contributed by atoms with Crippen molar-refractivity contribution in [2.24, 2.45) is 13.0 Å². The summed E-state index contributed by atoms with van der Waals surface area (Å²) in [6.07, 6.45) is 5.48. The first-order valence-electron chi connectivity index (χ1n) is 8.36. The third-order valence-electron chi connectivity index (χ3n) is 4.57. The van der Waals surface area contributed by atoms with Crippen LogP contribution < -0.4 is 10.6 Å². The number of aromatic nitrogens is 4. The van der Waals surface area contributed by atoms with E-state index in [4.69, 9.17) is 0 Å². The second kappa shape index (κ2) is 6.68. The summed E-state index contributed by atoms with van der Waals surface area (Å²) in [5.74, 6) is 1.96. The maximum absolute atomic E-state index is 13.3. The van der Waals surface area contributed by atoms with Crippen molar-refractivity contribution >= 4 is 5.82 Å². The van der Waals surface area contributed by atoms with E-state index in [2.05, 4.69) is 20.7 Å². The molecule has 129 valence electrons. The van der Waals surface area contributed by atoms with Gasteiger partial charge in [-0.15, -0.1) is 0 Å². The van der Waals surface area contributed by atoms with E-state index >= 15 is 0 Å². The van der Waals surface area contributed by atoms with Crippen LogP contribution in [0.3, 0.4) is 0 Å². The molecule has 1 radical (unpaired) electrons. The van der Waals surface area contributed by atoms with Crippen molar-refractivity contribution < 1.29 is 4.39 Å². The van der Waals surface area contributed by atoms with Gasteiger partial charge in [-0.25, -0.2) is 14.1 Å². The number of hydrogen-bond acceptors (Lipinski definition) is 3. The van der Waals surface area contributed by atoms with Gasteiger partial charge in [-0.1, -0.05) is 12.1 Å². The molecular formula is C18H20FN6. The van der Waals surface area contributed by atoms with E-state index in [1.165, 1.54) is 12.1 Å². The van der Waals surface area contributed by atoms with E-state index in [0.717, 1.165) is 36.8 Å². The SMILES string of the molecule is Cn1ccnc1C(NCC1C[N]c2ccnn2C1)c1ccc(F)cc1. The largest absolute Gasteiger partial charge is 0.336 e. The molecule has 7 heteroatoms.